The van der Waals surface area contributed by atoms with Crippen molar-refractivity contribution in [2.45, 2.75) is 26.7 Å². The molecule has 0 radical (unpaired) electrons. The zero-order valence-electron chi connectivity index (χ0n) is 18.0. The third kappa shape index (κ3) is 2.02. The van der Waals surface area contributed by atoms with Crippen molar-refractivity contribution in [3.63, 3.8) is 0 Å². The summed E-state index contributed by atoms with van der Waals surface area (Å²) in [4.78, 5) is 55.7. The standard InChI is InChI=1S/C26H24N2O4/c1-11-6-13-8-17(11)21-19(13)23(29)27(25(21)31)15-4-3-5-16(10-15)28-24(30)20-14-7-12(2)18(9-14)22(20)26(28)32/h3-7,10,13-14,17-22H,8-9H2,1-2H3/t13-,14-,17+,18+,19-,20+,21-,22-/m0/s1. The Morgan fingerprint density at radius 1 is 0.656 bits per heavy atom. The highest BCUT2D eigenvalue weighted by Gasteiger charge is 2.62. The number of fused-ring (bicyclic) bond motifs is 10. The number of nitrogens with zero attached hydrogens (tertiary/aromatic N) is 2. The molecule has 6 nitrogen and oxygen atoms in total. The number of anilines is 2. The zero-order valence-corrected chi connectivity index (χ0v) is 18.0. The largest absolute Gasteiger partial charge is 0.274 e. The van der Waals surface area contributed by atoms with Gasteiger partial charge in [-0.3, -0.25) is 19.2 Å². The molecule has 2 saturated heterocycles. The average molecular weight is 428 g/mol. The molecule has 0 spiro atoms. The van der Waals surface area contributed by atoms with E-state index in [-0.39, 0.29) is 71.0 Å². The van der Waals surface area contributed by atoms with Gasteiger partial charge in [0.2, 0.25) is 23.6 Å². The van der Waals surface area contributed by atoms with Gasteiger partial charge in [0.1, 0.15) is 0 Å². The fraction of sp³-hybridized carbons (Fsp3) is 0.462. The van der Waals surface area contributed by atoms with E-state index >= 15 is 0 Å². The van der Waals surface area contributed by atoms with Crippen LogP contribution in [0.3, 0.4) is 0 Å². The molecule has 2 heterocycles. The molecule has 2 aliphatic heterocycles. The molecule has 162 valence electrons. The lowest BCUT2D eigenvalue weighted by Gasteiger charge is -2.22. The molecule has 1 aromatic carbocycles. The van der Waals surface area contributed by atoms with Crippen molar-refractivity contribution in [1.29, 1.82) is 0 Å². The lowest BCUT2D eigenvalue weighted by atomic mass is 9.82. The maximum atomic E-state index is 13.3. The van der Waals surface area contributed by atoms with Gasteiger partial charge < -0.3 is 0 Å². The number of allylic oxidation sites excluding steroid dienone is 4. The van der Waals surface area contributed by atoms with E-state index in [1.54, 1.807) is 24.3 Å². The first kappa shape index (κ1) is 18.5. The van der Waals surface area contributed by atoms with Crippen molar-refractivity contribution < 1.29 is 19.2 Å². The topological polar surface area (TPSA) is 74.8 Å². The molecule has 1 aromatic rings. The first-order valence-corrected chi connectivity index (χ1v) is 11.6. The summed E-state index contributed by atoms with van der Waals surface area (Å²) in [5.41, 5.74) is 3.34. The fourth-order valence-electron chi connectivity index (χ4n) is 7.83. The lowest BCUT2D eigenvalue weighted by molar-refractivity contribution is -0.124. The molecule has 0 aromatic heterocycles. The van der Waals surface area contributed by atoms with Crippen LogP contribution in [0.5, 0.6) is 0 Å². The van der Waals surface area contributed by atoms with E-state index in [9.17, 15) is 19.2 Å². The number of carbonyl (C=O) groups is 4. The third-order valence-corrected chi connectivity index (χ3v) is 9.11. The number of hydrogen-bond donors (Lipinski definition) is 0. The van der Waals surface area contributed by atoms with E-state index in [4.69, 9.17) is 0 Å². The molecule has 6 heteroatoms. The molecule has 0 N–H and O–H groups in total. The van der Waals surface area contributed by atoms with Crippen molar-refractivity contribution >= 4 is 35.0 Å². The van der Waals surface area contributed by atoms with Crippen LogP contribution in [0.25, 0.3) is 0 Å². The summed E-state index contributed by atoms with van der Waals surface area (Å²) in [5.74, 6) is -1.12. The van der Waals surface area contributed by atoms with Crippen molar-refractivity contribution in [3.8, 4) is 0 Å². The Labute approximate surface area is 185 Å². The minimum absolute atomic E-state index is 0.141. The van der Waals surface area contributed by atoms with Gasteiger partial charge in [0.05, 0.1) is 35.0 Å². The second-order valence-corrected chi connectivity index (χ2v) is 10.5. The molecule has 4 fully saturated rings. The fourth-order valence-corrected chi connectivity index (χ4v) is 7.83. The van der Waals surface area contributed by atoms with Crippen LogP contribution in [0.1, 0.15) is 26.7 Å². The summed E-state index contributed by atoms with van der Waals surface area (Å²) in [6, 6.07) is 6.84. The second-order valence-electron chi connectivity index (χ2n) is 10.5. The number of hydrogen-bond acceptors (Lipinski definition) is 4. The second kappa shape index (κ2) is 5.85. The lowest BCUT2D eigenvalue weighted by Crippen LogP contribution is -2.35. The van der Waals surface area contributed by atoms with Crippen LogP contribution in [0.2, 0.25) is 0 Å². The van der Waals surface area contributed by atoms with Gasteiger partial charge in [-0.05, 0) is 68.6 Å². The monoisotopic (exact) mass is 428 g/mol. The van der Waals surface area contributed by atoms with E-state index < -0.39 is 0 Å². The Morgan fingerprint density at radius 3 is 1.50 bits per heavy atom. The van der Waals surface area contributed by atoms with Crippen LogP contribution in [-0.2, 0) is 19.2 Å². The first-order valence-electron chi connectivity index (χ1n) is 11.6. The molecular weight excluding hydrogens is 404 g/mol. The van der Waals surface area contributed by atoms with Crippen molar-refractivity contribution in [3.05, 3.63) is 47.6 Å². The minimum Gasteiger partial charge on any atom is -0.274 e. The molecule has 4 bridgehead atoms. The molecule has 7 rings (SSSR count). The van der Waals surface area contributed by atoms with E-state index in [1.807, 2.05) is 13.8 Å². The molecule has 4 aliphatic carbocycles. The molecule has 4 amide bonds. The number of carbonyl (C=O) groups excluding carboxylic acids is 4. The van der Waals surface area contributed by atoms with E-state index in [0.29, 0.717) is 11.4 Å². The highest BCUT2D eigenvalue weighted by Crippen LogP contribution is 2.57. The maximum Gasteiger partial charge on any atom is 0.238 e. The molecule has 32 heavy (non-hydrogen) atoms. The summed E-state index contributed by atoms with van der Waals surface area (Å²) in [6.45, 7) is 4.10. The average Bonchev–Trinajstić information content (AvgIpc) is 3.56. The highest BCUT2D eigenvalue weighted by molar-refractivity contribution is 6.25. The van der Waals surface area contributed by atoms with Crippen LogP contribution in [0.4, 0.5) is 11.4 Å². The summed E-state index contributed by atoms with van der Waals surface area (Å²) in [6.07, 6.45) is 6.09. The van der Waals surface area contributed by atoms with Crippen molar-refractivity contribution in [2.75, 3.05) is 9.80 Å². The Kier molecular flexibility index (Phi) is 3.39. The summed E-state index contributed by atoms with van der Waals surface area (Å²) >= 11 is 0. The summed E-state index contributed by atoms with van der Waals surface area (Å²) in [5, 5.41) is 0. The SMILES string of the molecule is CC1=C[C@H]2C[C@H]1[C@@H]1C(=O)N(c3cccc(N4C(=O)[C@@H]5[C@H](C4=O)[C@H]4C=C(C)[C@H]5C4)c3)C(=O)[C@H]12. The van der Waals surface area contributed by atoms with Gasteiger partial charge in [0.25, 0.3) is 0 Å². The van der Waals surface area contributed by atoms with Crippen LogP contribution < -0.4 is 9.80 Å². The van der Waals surface area contributed by atoms with Gasteiger partial charge in [0, 0.05) is 0 Å². The van der Waals surface area contributed by atoms with Crippen molar-refractivity contribution in [1.82, 2.24) is 0 Å². The highest BCUT2D eigenvalue weighted by atomic mass is 16.2. The van der Waals surface area contributed by atoms with Crippen LogP contribution in [-0.4, -0.2) is 23.6 Å². The third-order valence-electron chi connectivity index (χ3n) is 9.11. The van der Waals surface area contributed by atoms with Gasteiger partial charge in [0.15, 0.2) is 0 Å². The van der Waals surface area contributed by atoms with E-state index in [2.05, 4.69) is 12.2 Å². The number of rotatable bonds is 2. The van der Waals surface area contributed by atoms with Gasteiger partial charge >= 0.3 is 0 Å². The first-order chi connectivity index (χ1) is 15.4. The number of amides is 4. The Morgan fingerprint density at radius 2 is 1.06 bits per heavy atom. The Balaban J connectivity index is 1.23. The number of benzene rings is 1. The van der Waals surface area contributed by atoms with Crippen molar-refractivity contribution in [2.24, 2.45) is 47.3 Å². The van der Waals surface area contributed by atoms with E-state index in [0.717, 1.165) is 12.8 Å². The van der Waals surface area contributed by atoms with Crippen LogP contribution in [0.15, 0.2) is 47.6 Å². The molecule has 8 atom stereocenters. The van der Waals surface area contributed by atoms with Gasteiger partial charge in [-0.1, -0.05) is 29.4 Å². The minimum atomic E-state index is -0.279. The van der Waals surface area contributed by atoms with Gasteiger partial charge in [-0.25, -0.2) is 9.80 Å². The predicted octanol–water partition coefficient (Wildman–Crippen LogP) is 3.09. The summed E-state index contributed by atoms with van der Waals surface area (Å²) in [7, 11) is 0. The predicted molar refractivity (Wildman–Crippen MR) is 116 cm³/mol. The zero-order chi connectivity index (χ0) is 22.0. The smallest absolute Gasteiger partial charge is 0.238 e. The van der Waals surface area contributed by atoms with Crippen LogP contribution in [0, 0.1) is 47.3 Å². The molecular formula is C26H24N2O4. The quantitative estimate of drug-likeness (QED) is 0.536. The molecule has 0 unspecified atom stereocenters. The Hall–Kier alpha value is -3.02. The van der Waals surface area contributed by atoms with Gasteiger partial charge in [-0.15, -0.1) is 0 Å². The normalized spacial score (nSPS) is 41.1. The molecule has 6 aliphatic rings. The van der Waals surface area contributed by atoms with Gasteiger partial charge in [-0.2, -0.15) is 0 Å². The Bertz CT molecular complexity index is 1120. The van der Waals surface area contributed by atoms with Crippen LogP contribution >= 0.6 is 0 Å². The molecule has 2 saturated carbocycles. The number of imide groups is 2. The summed E-state index contributed by atoms with van der Waals surface area (Å²) < 4.78 is 0. The maximum absolute atomic E-state index is 13.3. The van der Waals surface area contributed by atoms with E-state index in [1.165, 1.54) is 20.9 Å².